The monoisotopic (exact) mass is 429 g/mol. The topological polar surface area (TPSA) is 61.8 Å². The van der Waals surface area contributed by atoms with Crippen molar-refractivity contribution in [2.24, 2.45) is 10.4 Å². The van der Waals surface area contributed by atoms with E-state index in [0.29, 0.717) is 30.0 Å². The summed E-state index contributed by atoms with van der Waals surface area (Å²) in [6.45, 7) is 15.9. The number of allylic oxidation sites excluding steroid dienone is 2. The number of carbonyl (C=O) groups is 2. The Bertz CT molecular complexity index is 837. The lowest BCUT2D eigenvalue weighted by molar-refractivity contribution is -0.140. The molecule has 2 atom stereocenters. The molecule has 1 aliphatic rings. The molecule has 1 fully saturated rings. The fourth-order valence-corrected chi connectivity index (χ4v) is 3.79. The predicted octanol–water partition coefficient (Wildman–Crippen LogP) is 5.09. The van der Waals surface area contributed by atoms with Gasteiger partial charge in [0, 0.05) is 29.8 Å². The van der Waals surface area contributed by atoms with Crippen molar-refractivity contribution in [3.63, 3.8) is 0 Å². The lowest BCUT2D eigenvalue weighted by Crippen LogP contribution is -2.47. The predicted molar refractivity (Wildman–Crippen MR) is 124 cm³/mol. The Kier molecular flexibility index (Phi) is 8.02. The second-order valence-corrected chi connectivity index (χ2v) is 9.42. The van der Waals surface area contributed by atoms with Crippen molar-refractivity contribution >= 4 is 35.7 Å². The van der Waals surface area contributed by atoms with Gasteiger partial charge in [0.05, 0.1) is 6.04 Å². The minimum atomic E-state index is -0.394. The van der Waals surface area contributed by atoms with Crippen LogP contribution in [0, 0.1) is 5.41 Å². The van der Waals surface area contributed by atoms with Gasteiger partial charge in [-0.3, -0.25) is 14.6 Å². The molecule has 1 aliphatic heterocycles. The average Bonchev–Trinajstić information content (AvgIpc) is 3.15. The molecule has 0 bridgehead atoms. The molecule has 0 aromatic heterocycles. The van der Waals surface area contributed by atoms with Crippen LogP contribution >= 0.6 is 11.6 Å². The van der Waals surface area contributed by atoms with Crippen molar-refractivity contribution in [2.45, 2.75) is 59.0 Å². The van der Waals surface area contributed by atoms with Gasteiger partial charge in [-0.2, -0.15) is 0 Å². The van der Waals surface area contributed by atoms with E-state index in [9.17, 15) is 9.59 Å². The van der Waals surface area contributed by atoms with Crippen LogP contribution in [0.2, 0.25) is 0 Å². The van der Waals surface area contributed by atoms with Gasteiger partial charge in [0.15, 0.2) is 0 Å². The molecular weight excluding hydrogens is 398 g/mol. The van der Waals surface area contributed by atoms with E-state index in [-0.39, 0.29) is 23.3 Å². The largest absolute Gasteiger partial charge is 0.348 e. The van der Waals surface area contributed by atoms with Crippen LogP contribution < -0.4 is 5.32 Å². The minimum absolute atomic E-state index is 0.0496. The molecule has 0 radical (unpaired) electrons. The number of aliphatic imine (C=N–C) groups is 1. The van der Waals surface area contributed by atoms with E-state index in [1.54, 1.807) is 11.1 Å². The van der Waals surface area contributed by atoms with Crippen molar-refractivity contribution in [3.05, 3.63) is 53.2 Å². The van der Waals surface area contributed by atoms with E-state index in [1.165, 1.54) is 0 Å². The number of hydrogen-bond donors (Lipinski definition) is 1. The Balaban J connectivity index is 2.06. The number of likely N-dealkylation sites (tertiary alicyclic amines) is 1. The molecule has 5 nitrogen and oxygen atoms in total. The van der Waals surface area contributed by atoms with Gasteiger partial charge in [0.1, 0.15) is 6.04 Å². The molecule has 1 saturated heterocycles. The summed E-state index contributed by atoms with van der Waals surface area (Å²) in [6, 6.07) is 7.13. The quantitative estimate of drug-likeness (QED) is 0.485. The number of nitrogens with zero attached hydrogens (tertiary/aromatic N) is 2. The van der Waals surface area contributed by atoms with Crippen LogP contribution in [0.25, 0.3) is 5.57 Å². The molecule has 30 heavy (non-hydrogen) atoms. The smallest absolute Gasteiger partial charge is 0.243 e. The molecule has 0 aliphatic carbocycles. The van der Waals surface area contributed by atoms with Gasteiger partial charge in [-0.25, -0.2) is 0 Å². The van der Waals surface area contributed by atoms with Crippen LogP contribution in [-0.2, 0) is 9.59 Å². The third-order valence-electron chi connectivity index (χ3n) is 5.15. The number of benzene rings is 1. The van der Waals surface area contributed by atoms with E-state index >= 15 is 0 Å². The highest BCUT2D eigenvalue weighted by atomic mass is 35.5. The SMILES string of the molecule is C=N/C=C(\C(=C)Cl)c1ccc(C(C)NC(=O)C2CCCN2C(=O)CC(C)(C)C)cc1. The van der Waals surface area contributed by atoms with Crippen LogP contribution in [-0.4, -0.2) is 36.0 Å². The summed E-state index contributed by atoms with van der Waals surface area (Å²) >= 11 is 6.04. The normalized spacial score (nSPS) is 18.1. The molecule has 1 heterocycles. The summed E-state index contributed by atoms with van der Waals surface area (Å²) in [5, 5.41) is 3.45. The third kappa shape index (κ3) is 6.30. The van der Waals surface area contributed by atoms with E-state index in [1.807, 2.05) is 52.0 Å². The van der Waals surface area contributed by atoms with Crippen molar-refractivity contribution in [2.75, 3.05) is 6.54 Å². The number of rotatable bonds is 7. The lowest BCUT2D eigenvalue weighted by Gasteiger charge is -2.28. The van der Waals surface area contributed by atoms with Gasteiger partial charge in [-0.1, -0.05) is 63.2 Å². The minimum Gasteiger partial charge on any atom is -0.348 e. The standard InChI is InChI=1S/C24H32ClN3O2/c1-16(25)20(15-26-6)19-11-9-18(10-12-19)17(2)27-23(30)21-8-7-13-28(21)22(29)14-24(3,4)5/h9-12,15,17,21H,1,6-8,13-14H2,2-5H3,(H,27,30)/b20-15+. The Hall–Kier alpha value is -2.40. The first-order valence-corrected chi connectivity index (χ1v) is 10.6. The lowest BCUT2D eigenvalue weighted by atomic mass is 9.91. The van der Waals surface area contributed by atoms with E-state index < -0.39 is 6.04 Å². The zero-order valence-corrected chi connectivity index (χ0v) is 19.1. The van der Waals surface area contributed by atoms with Crippen LogP contribution in [0.1, 0.15) is 64.1 Å². The maximum absolute atomic E-state index is 12.9. The first-order chi connectivity index (χ1) is 14.0. The van der Waals surface area contributed by atoms with Crippen LogP contribution in [0.4, 0.5) is 0 Å². The molecule has 2 amide bonds. The fraction of sp³-hybridized carbons (Fsp3) is 0.458. The highest BCUT2D eigenvalue weighted by Gasteiger charge is 2.35. The van der Waals surface area contributed by atoms with Gasteiger partial charge in [-0.15, -0.1) is 0 Å². The summed E-state index contributed by atoms with van der Waals surface area (Å²) in [4.78, 5) is 31.1. The van der Waals surface area contributed by atoms with Crippen molar-refractivity contribution < 1.29 is 9.59 Å². The number of nitrogens with one attached hydrogen (secondary N) is 1. The summed E-state index contributed by atoms with van der Waals surface area (Å²) in [5.41, 5.74) is 2.44. The second kappa shape index (κ2) is 10.1. The molecule has 0 saturated carbocycles. The van der Waals surface area contributed by atoms with Gasteiger partial charge in [0.2, 0.25) is 11.8 Å². The fourth-order valence-electron chi connectivity index (χ4n) is 3.63. The maximum Gasteiger partial charge on any atom is 0.243 e. The molecule has 162 valence electrons. The van der Waals surface area contributed by atoms with Crippen LogP contribution in [0.15, 0.2) is 47.1 Å². The van der Waals surface area contributed by atoms with E-state index in [0.717, 1.165) is 17.5 Å². The number of amides is 2. The van der Waals surface area contributed by atoms with Crippen molar-refractivity contribution in [3.8, 4) is 0 Å². The molecule has 0 spiro atoms. The summed E-state index contributed by atoms with van der Waals surface area (Å²) in [5.74, 6) is -0.0504. The van der Waals surface area contributed by atoms with Crippen LogP contribution in [0.3, 0.4) is 0 Å². The highest BCUT2D eigenvalue weighted by Crippen LogP contribution is 2.27. The molecule has 2 rings (SSSR count). The molecule has 6 heteroatoms. The van der Waals surface area contributed by atoms with E-state index in [2.05, 4.69) is 23.6 Å². The van der Waals surface area contributed by atoms with Gasteiger partial charge < -0.3 is 10.2 Å². The molecule has 1 N–H and O–H groups in total. The van der Waals surface area contributed by atoms with Crippen molar-refractivity contribution in [1.82, 2.24) is 10.2 Å². The Morgan fingerprint density at radius 2 is 1.97 bits per heavy atom. The Morgan fingerprint density at radius 3 is 2.50 bits per heavy atom. The summed E-state index contributed by atoms with van der Waals surface area (Å²) < 4.78 is 0. The first kappa shape index (κ1) is 23.9. The zero-order valence-electron chi connectivity index (χ0n) is 18.4. The van der Waals surface area contributed by atoms with Gasteiger partial charge in [0.25, 0.3) is 0 Å². The molecule has 2 unspecified atom stereocenters. The molecule has 1 aromatic carbocycles. The summed E-state index contributed by atoms with van der Waals surface area (Å²) in [7, 11) is 0. The molecule has 1 aromatic rings. The number of carbonyl (C=O) groups excluding carboxylic acids is 2. The Morgan fingerprint density at radius 1 is 1.33 bits per heavy atom. The number of halogens is 1. The Labute approximate surface area is 184 Å². The average molecular weight is 430 g/mol. The van der Waals surface area contributed by atoms with E-state index in [4.69, 9.17) is 11.6 Å². The number of hydrogen-bond acceptors (Lipinski definition) is 3. The van der Waals surface area contributed by atoms with Gasteiger partial charge in [-0.05, 0) is 43.0 Å². The highest BCUT2D eigenvalue weighted by molar-refractivity contribution is 6.36. The zero-order chi connectivity index (χ0) is 22.5. The third-order valence-corrected chi connectivity index (χ3v) is 5.35. The van der Waals surface area contributed by atoms with Crippen LogP contribution in [0.5, 0.6) is 0 Å². The maximum atomic E-state index is 12.9. The molecular formula is C24H32ClN3O2. The van der Waals surface area contributed by atoms with Crippen molar-refractivity contribution in [1.29, 1.82) is 0 Å². The summed E-state index contributed by atoms with van der Waals surface area (Å²) in [6.07, 6.45) is 3.56. The first-order valence-electron chi connectivity index (χ1n) is 10.2. The van der Waals surface area contributed by atoms with Gasteiger partial charge >= 0.3 is 0 Å². The second-order valence-electron chi connectivity index (χ2n) is 8.97.